The Kier molecular flexibility index (Phi) is 16.5. The predicted octanol–water partition coefficient (Wildman–Crippen LogP) is 8.93. The highest BCUT2D eigenvalue weighted by atomic mass is 32.2. The molecule has 0 radical (unpaired) electrons. The number of H-pyrrole nitrogens is 1. The maximum Gasteiger partial charge on any atom is 0.416 e. The number of methoxy groups -OCH3 is 1. The van der Waals surface area contributed by atoms with E-state index in [0.717, 1.165) is 37.7 Å². The molecule has 16 heteroatoms. The van der Waals surface area contributed by atoms with Crippen molar-refractivity contribution in [3.63, 3.8) is 0 Å². The molecule has 1 saturated carbocycles. The number of nitrogens with one attached hydrogen (secondary N) is 2. The maximum atomic E-state index is 14.1. The predicted molar refractivity (Wildman–Crippen MR) is 227 cm³/mol. The summed E-state index contributed by atoms with van der Waals surface area (Å²) in [5, 5.41) is 13.5. The first-order valence-corrected chi connectivity index (χ1v) is 21.9. The van der Waals surface area contributed by atoms with E-state index >= 15 is 0 Å². The molecular weight excluding hydrogens is 789 g/mol. The Morgan fingerprint density at radius 3 is 2.48 bits per heavy atom. The molecule has 3 atom stereocenters. The van der Waals surface area contributed by atoms with Gasteiger partial charge >= 0.3 is 18.0 Å². The molecule has 1 amide bonds. The zero-order valence-electron chi connectivity index (χ0n) is 35.7. The highest BCUT2D eigenvalue weighted by Crippen LogP contribution is 2.37. The first-order valence-electron chi connectivity index (χ1n) is 20.8. The number of ether oxygens (including phenoxy) is 4. The van der Waals surface area contributed by atoms with E-state index in [1.54, 1.807) is 36.4 Å². The number of carbonyl (C=O) groups is 3. The second kappa shape index (κ2) is 21.7. The van der Waals surface area contributed by atoms with Gasteiger partial charge in [0, 0.05) is 25.6 Å². The molecule has 3 unspecified atom stereocenters. The molecule has 1 aliphatic carbocycles. The van der Waals surface area contributed by atoms with Gasteiger partial charge in [-0.1, -0.05) is 78.0 Å². The largest absolute Gasteiger partial charge is 0.492 e. The Morgan fingerprint density at radius 1 is 1.03 bits per heavy atom. The van der Waals surface area contributed by atoms with Crippen LogP contribution in [-0.2, 0) is 29.6 Å². The molecule has 0 spiro atoms. The number of nitrogens with zero attached hydrogens (tertiary/aromatic N) is 4. The third-order valence-corrected chi connectivity index (χ3v) is 11.7. The number of unbranched alkanes of at least 4 members (excludes halogenated alkanes) is 5. The average molecular weight is 847 g/mol. The van der Waals surface area contributed by atoms with E-state index in [1.807, 2.05) is 32.9 Å². The van der Waals surface area contributed by atoms with E-state index < -0.39 is 35.2 Å². The number of rotatable bonds is 20. The van der Waals surface area contributed by atoms with Gasteiger partial charge in [-0.3, -0.25) is 15.4 Å². The highest BCUT2D eigenvalue weighted by Gasteiger charge is 2.37. The smallest absolute Gasteiger partial charge is 0.416 e. The van der Waals surface area contributed by atoms with Crippen LogP contribution in [0.5, 0.6) is 11.6 Å². The van der Waals surface area contributed by atoms with E-state index in [2.05, 4.69) is 29.2 Å². The SMILES string of the molecule is CCCCCCCCOc1ccc(C)cc1S(=O)ONc1cccc(-c2nc3c(C(=O)OC4C(C)CC(C)CC4C)c(C#N)c(OC(=O)N(C)CCCC(=O)OC)n3[nH]2)c1. The summed E-state index contributed by atoms with van der Waals surface area (Å²) < 4.78 is 43.0. The van der Waals surface area contributed by atoms with Crippen molar-refractivity contribution in [2.24, 2.45) is 17.8 Å². The molecule has 2 aromatic heterocycles. The molecular formula is C44H58N6O9S. The lowest BCUT2D eigenvalue weighted by molar-refractivity contribution is -0.140. The third kappa shape index (κ3) is 11.7. The van der Waals surface area contributed by atoms with Crippen LogP contribution in [-0.4, -0.2) is 75.2 Å². The number of anilines is 1. The second-order valence-corrected chi connectivity index (χ2v) is 16.9. The maximum absolute atomic E-state index is 14.1. The summed E-state index contributed by atoms with van der Waals surface area (Å²) in [6, 6.07) is 14.4. The molecule has 0 saturated heterocycles. The number of benzene rings is 2. The topological polar surface area (TPSA) is 187 Å². The normalized spacial score (nSPS) is 18.0. The number of nitriles is 1. The van der Waals surface area contributed by atoms with Crippen LogP contribution in [0.4, 0.5) is 10.5 Å². The molecule has 1 aliphatic rings. The van der Waals surface area contributed by atoms with Crippen LogP contribution in [0.1, 0.15) is 113 Å². The molecule has 5 rings (SSSR count). The van der Waals surface area contributed by atoms with E-state index in [4.69, 9.17) is 23.5 Å². The highest BCUT2D eigenvalue weighted by molar-refractivity contribution is 7.80. The van der Waals surface area contributed by atoms with Gasteiger partial charge in [0.25, 0.3) is 0 Å². The Hall–Kier alpha value is -5.40. The van der Waals surface area contributed by atoms with Gasteiger partial charge in [-0.05, 0) is 80.2 Å². The molecule has 2 heterocycles. The van der Waals surface area contributed by atoms with Crippen molar-refractivity contribution in [3.05, 3.63) is 59.2 Å². The molecule has 2 aromatic carbocycles. The number of aryl methyl sites for hydroxylation is 1. The van der Waals surface area contributed by atoms with Crippen LogP contribution in [0, 0.1) is 36.0 Å². The summed E-state index contributed by atoms with van der Waals surface area (Å²) >= 11 is -1.94. The Labute approximate surface area is 354 Å². The lowest BCUT2D eigenvalue weighted by atomic mass is 9.75. The fourth-order valence-corrected chi connectivity index (χ4v) is 8.56. The number of esters is 2. The lowest BCUT2D eigenvalue weighted by Gasteiger charge is -2.37. The minimum atomic E-state index is -1.94. The third-order valence-electron chi connectivity index (χ3n) is 10.8. The van der Waals surface area contributed by atoms with E-state index in [9.17, 15) is 23.9 Å². The van der Waals surface area contributed by atoms with Gasteiger partial charge in [-0.25, -0.2) is 23.3 Å². The number of hydrogen-bond donors (Lipinski definition) is 2. The number of aromatic amines is 1. The summed E-state index contributed by atoms with van der Waals surface area (Å²) in [6.07, 6.45) is 7.72. The standard InChI is InChI=1S/C44H58N6O9S/c1-8-9-10-11-12-13-22-56-35-20-19-28(2)25-36(35)60(54)59-48-33-17-14-16-32(26-33)40-46-41-38(43(52)57-39-30(4)23-29(3)24-31(39)5)34(27-45)42(50(41)47-40)58-44(53)49(6)21-15-18-37(51)55-7/h14,16-17,19-20,25-26,29-31,39,48H,8-13,15,18,21-24H2,1-7H3,(H,46,47). The number of amides is 1. The zero-order valence-corrected chi connectivity index (χ0v) is 36.5. The fourth-order valence-electron chi connectivity index (χ4n) is 7.72. The van der Waals surface area contributed by atoms with Crippen molar-refractivity contribution in [1.29, 1.82) is 5.26 Å². The fraction of sp³-hybridized carbons (Fsp3) is 0.523. The first kappa shape index (κ1) is 45.7. The summed E-state index contributed by atoms with van der Waals surface area (Å²) in [5.74, 6) is -0.0125. The van der Waals surface area contributed by atoms with E-state index in [0.29, 0.717) is 40.8 Å². The van der Waals surface area contributed by atoms with Gasteiger partial charge in [0.05, 0.1) is 19.4 Å². The quantitative estimate of drug-likeness (QED) is 0.0489. The number of hydrogen-bond acceptors (Lipinski definition) is 12. The van der Waals surface area contributed by atoms with Crippen LogP contribution in [0.3, 0.4) is 0 Å². The Bertz CT molecular complexity index is 2170. The van der Waals surface area contributed by atoms with Crippen molar-refractivity contribution in [3.8, 4) is 29.1 Å². The van der Waals surface area contributed by atoms with Crippen molar-refractivity contribution in [2.75, 3.05) is 32.8 Å². The van der Waals surface area contributed by atoms with Gasteiger partial charge in [0.1, 0.15) is 33.9 Å². The number of aromatic nitrogens is 3. The number of fused-ring (bicyclic) bond motifs is 1. The van der Waals surface area contributed by atoms with Gasteiger partial charge in [0.15, 0.2) is 11.5 Å². The second-order valence-electron chi connectivity index (χ2n) is 15.8. The molecule has 60 heavy (non-hydrogen) atoms. The van der Waals surface area contributed by atoms with E-state index in [1.165, 1.54) is 42.8 Å². The van der Waals surface area contributed by atoms with Crippen molar-refractivity contribution >= 4 is 40.4 Å². The van der Waals surface area contributed by atoms with Gasteiger partial charge in [-0.15, -0.1) is 0 Å². The minimum Gasteiger partial charge on any atom is -0.492 e. The zero-order chi connectivity index (χ0) is 43.3. The summed E-state index contributed by atoms with van der Waals surface area (Å²) in [5.41, 5.74) is 4.31. The van der Waals surface area contributed by atoms with Crippen LogP contribution in [0.25, 0.3) is 17.0 Å². The van der Waals surface area contributed by atoms with Gasteiger partial charge < -0.3 is 23.8 Å². The average Bonchev–Trinajstić information content (AvgIpc) is 3.78. The van der Waals surface area contributed by atoms with Crippen molar-refractivity contribution in [2.45, 2.75) is 110 Å². The Balaban J connectivity index is 1.39. The van der Waals surface area contributed by atoms with Crippen LogP contribution < -0.4 is 15.0 Å². The van der Waals surface area contributed by atoms with E-state index in [-0.39, 0.29) is 53.3 Å². The van der Waals surface area contributed by atoms with Crippen LogP contribution >= 0.6 is 0 Å². The molecule has 324 valence electrons. The lowest BCUT2D eigenvalue weighted by Crippen LogP contribution is -2.37. The summed E-state index contributed by atoms with van der Waals surface area (Å²) in [7, 11) is 2.78. The molecule has 2 N–H and O–H groups in total. The molecule has 0 bridgehead atoms. The first-order chi connectivity index (χ1) is 28.8. The summed E-state index contributed by atoms with van der Waals surface area (Å²) in [4.78, 5) is 45.4. The van der Waals surface area contributed by atoms with Crippen LogP contribution in [0.2, 0.25) is 0 Å². The molecule has 4 aromatic rings. The molecule has 0 aliphatic heterocycles. The van der Waals surface area contributed by atoms with Gasteiger partial charge in [-0.2, -0.15) is 9.55 Å². The Morgan fingerprint density at radius 2 is 1.77 bits per heavy atom. The number of carbonyl (C=O) groups excluding carboxylic acids is 3. The monoisotopic (exact) mass is 846 g/mol. The van der Waals surface area contributed by atoms with Crippen molar-refractivity contribution < 1.29 is 41.8 Å². The minimum absolute atomic E-state index is 0.0239. The molecule has 15 nitrogen and oxygen atoms in total. The van der Waals surface area contributed by atoms with Crippen molar-refractivity contribution in [1.82, 2.24) is 19.5 Å². The van der Waals surface area contributed by atoms with Gasteiger partial charge in [0.2, 0.25) is 17.0 Å². The molecule has 1 fully saturated rings. The van der Waals surface area contributed by atoms with Crippen LogP contribution in [0.15, 0.2) is 47.4 Å². The summed E-state index contributed by atoms with van der Waals surface area (Å²) in [6.45, 7) is 11.0.